The first kappa shape index (κ1) is 24.5. The molecule has 2 amide bonds. The van der Waals surface area contributed by atoms with Crippen LogP contribution in [-0.2, 0) is 4.79 Å². The summed E-state index contributed by atoms with van der Waals surface area (Å²) in [6, 6.07) is 10.8. The van der Waals surface area contributed by atoms with Gasteiger partial charge in [-0.1, -0.05) is 18.7 Å². The van der Waals surface area contributed by atoms with E-state index in [1.54, 1.807) is 32.2 Å². The minimum atomic E-state index is -0.236. The normalized spacial score (nSPS) is 17.4. The molecule has 1 heterocycles. The van der Waals surface area contributed by atoms with Crippen molar-refractivity contribution in [1.29, 1.82) is 0 Å². The van der Waals surface area contributed by atoms with Crippen LogP contribution in [0.3, 0.4) is 0 Å². The standard InChI is InChI=1S/C26H33FN4O2/c1-6-25(32)31-12-11-30(15-19(31)4)16-24(20-8-7-17(2)23(27)14-20)29-21-9-10-22(18(3)13-21)26(33)28-5/h6-10,13-14,19,24,29H,1,11-12,15-16H2,2-5H3,(H,28,33)/t19-,24-/m1/s1. The molecule has 1 aliphatic rings. The highest BCUT2D eigenvalue weighted by molar-refractivity contribution is 5.95. The SMILES string of the molecule is C=CC(=O)N1CCN(C[C@@H](Nc2ccc(C(=O)NC)c(C)c2)c2ccc(C)c(F)c2)C[C@H]1C. The summed E-state index contributed by atoms with van der Waals surface area (Å²) in [5.41, 5.74) is 3.80. The van der Waals surface area contributed by atoms with E-state index in [2.05, 4.69) is 22.1 Å². The Hall–Kier alpha value is -3.19. The van der Waals surface area contributed by atoms with Crippen molar-refractivity contribution >= 4 is 17.5 Å². The van der Waals surface area contributed by atoms with Crippen molar-refractivity contribution in [1.82, 2.24) is 15.1 Å². The van der Waals surface area contributed by atoms with Crippen LogP contribution >= 0.6 is 0 Å². The number of anilines is 1. The van der Waals surface area contributed by atoms with Gasteiger partial charge in [-0.2, -0.15) is 0 Å². The van der Waals surface area contributed by atoms with Crippen LogP contribution in [0.5, 0.6) is 0 Å². The number of hydrogen-bond acceptors (Lipinski definition) is 4. The lowest BCUT2D eigenvalue weighted by molar-refractivity contribution is -0.130. The molecule has 0 radical (unpaired) electrons. The number of halogens is 1. The molecule has 2 aromatic carbocycles. The summed E-state index contributed by atoms with van der Waals surface area (Å²) in [6.45, 7) is 12.0. The van der Waals surface area contributed by atoms with Gasteiger partial charge >= 0.3 is 0 Å². The maximum Gasteiger partial charge on any atom is 0.251 e. The van der Waals surface area contributed by atoms with Gasteiger partial charge in [0, 0.05) is 50.5 Å². The molecule has 0 saturated carbocycles. The zero-order valence-corrected chi connectivity index (χ0v) is 19.8. The second kappa shape index (κ2) is 10.6. The summed E-state index contributed by atoms with van der Waals surface area (Å²) < 4.78 is 14.4. The van der Waals surface area contributed by atoms with Gasteiger partial charge in [0.1, 0.15) is 5.82 Å². The molecule has 2 aromatic rings. The third kappa shape index (κ3) is 5.79. The fraction of sp³-hybridized carbons (Fsp3) is 0.385. The fourth-order valence-electron chi connectivity index (χ4n) is 4.31. The first-order chi connectivity index (χ1) is 15.7. The van der Waals surface area contributed by atoms with Crippen molar-refractivity contribution in [3.05, 3.63) is 77.1 Å². The van der Waals surface area contributed by atoms with E-state index in [0.29, 0.717) is 24.2 Å². The smallest absolute Gasteiger partial charge is 0.251 e. The van der Waals surface area contributed by atoms with Crippen molar-refractivity contribution in [2.24, 2.45) is 0 Å². The third-order valence-electron chi connectivity index (χ3n) is 6.25. The quantitative estimate of drug-likeness (QED) is 0.629. The summed E-state index contributed by atoms with van der Waals surface area (Å²) in [5.74, 6) is -0.415. The van der Waals surface area contributed by atoms with Crippen molar-refractivity contribution in [2.75, 3.05) is 38.5 Å². The summed E-state index contributed by atoms with van der Waals surface area (Å²) in [5, 5.41) is 6.19. The Balaban J connectivity index is 1.83. The Labute approximate surface area is 195 Å². The van der Waals surface area contributed by atoms with Gasteiger partial charge in [0.15, 0.2) is 0 Å². The Morgan fingerprint density at radius 2 is 1.94 bits per heavy atom. The molecule has 7 heteroatoms. The van der Waals surface area contributed by atoms with Gasteiger partial charge in [-0.3, -0.25) is 14.5 Å². The van der Waals surface area contributed by atoms with Crippen LogP contribution in [0, 0.1) is 19.7 Å². The van der Waals surface area contributed by atoms with Crippen LogP contribution in [0.15, 0.2) is 49.1 Å². The summed E-state index contributed by atoms with van der Waals surface area (Å²) >= 11 is 0. The topological polar surface area (TPSA) is 64.7 Å². The van der Waals surface area contributed by atoms with E-state index in [1.807, 2.05) is 36.9 Å². The van der Waals surface area contributed by atoms with Crippen LogP contribution < -0.4 is 10.6 Å². The van der Waals surface area contributed by atoms with Gasteiger partial charge < -0.3 is 15.5 Å². The molecule has 0 bridgehead atoms. The molecule has 1 aliphatic heterocycles. The first-order valence-corrected chi connectivity index (χ1v) is 11.2. The predicted molar refractivity (Wildman–Crippen MR) is 130 cm³/mol. The van der Waals surface area contributed by atoms with Gasteiger partial charge in [0.2, 0.25) is 5.91 Å². The highest BCUT2D eigenvalue weighted by Crippen LogP contribution is 2.25. The number of nitrogens with one attached hydrogen (secondary N) is 2. The fourth-order valence-corrected chi connectivity index (χ4v) is 4.31. The number of piperazine rings is 1. The summed E-state index contributed by atoms with van der Waals surface area (Å²) in [4.78, 5) is 28.2. The molecule has 3 rings (SSSR count). The van der Waals surface area contributed by atoms with Crippen LogP contribution in [0.1, 0.15) is 40.0 Å². The van der Waals surface area contributed by atoms with E-state index >= 15 is 0 Å². The van der Waals surface area contributed by atoms with Crippen molar-refractivity contribution in [2.45, 2.75) is 32.9 Å². The highest BCUT2D eigenvalue weighted by Gasteiger charge is 2.28. The Kier molecular flexibility index (Phi) is 7.87. The molecule has 0 aliphatic carbocycles. The molecule has 6 nitrogen and oxygen atoms in total. The van der Waals surface area contributed by atoms with Crippen LogP contribution in [0.4, 0.5) is 10.1 Å². The Bertz CT molecular complexity index is 1040. The molecule has 33 heavy (non-hydrogen) atoms. The molecule has 1 fully saturated rings. The minimum absolute atomic E-state index is 0.0517. The van der Waals surface area contributed by atoms with Crippen molar-refractivity contribution in [3.63, 3.8) is 0 Å². The first-order valence-electron chi connectivity index (χ1n) is 11.2. The number of amides is 2. The average Bonchev–Trinajstić information content (AvgIpc) is 2.79. The second-order valence-electron chi connectivity index (χ2n) is 8.66. The highest BCUT2D eigenvalue weighted by atomic mass is 19.1. The van der Waals surface area contributed by atoms with Crippen LogP contribution in [0.2, 0.25) is 0 Å². The number of nitrogens with zero attached hydrogens (tertiary/aromatic N) is 2. The van der Waals surface area contributed by atoms with Crippen LogP contribution in [-0.4, -0.2) is 60.9 Å². The van der Waals surface area contributed by atoms with Crippen molar-refractivity contribution < 1.29 is 14.0 Å². The number of aryl methyl sites for hydroxylation is 2. The lowest BCUT2D eigenvalue weighted by atomic mass is 10.0. The molecule has 2 atom stereocenters. The number of benzene rings is 2. The van der Waals surface area contributed by atoms with E-state index in [0.717, 1.165) is 29.9 Å². The number of carbonyl (C=O) groups is 2. The second-order valence-corrected chi connectivity index (χ2v) is 8.66. The molecule has 176 valence electrons. The molecular formula is C26H33FN4O2. The van der Waals surface area contributed by atoms with E-state index < -0.39 is 0 Å². The third-order valence-corrected chi connectivity index (χ3v) is 6.25. The van der Waals surface area contributed by atoms with E-state index in [-0.39, 0.29) is 29.7 Å². The molecule has 0 aromatic heterocycles. The number of carbonyl (C=O) groups excluding carboxylic acids is 2. The zero-order chi connectivity index (χ0) is 24.1. The molecule has 0 unspecified atom stereocenters. The summed E-state index contributed by atoms with van der Waals surface area (Å²) in [6.07, 6.45) is 1.36. The molecule has 2 N–H and O–H groups in total. The Morgan fingerprint density at radius 3 is 2.55 bits per heavy atom. The molecule has 0 spiro atoms. The van der Waals surface area contributed by atoms with Gasteiger partial charge in [-0.25, -0.2) is 4.39 Å². The Morgan fingerprint density at radius 1 is 1.18 bits per heavy atom. The van der Waals surface area contributed by atoms with Crippen LogP contribution in [0.25, 0.3) is 0 Å². The molecule has 1 saturated heterocycles. The zero-order valence-electron chi connectivity index (χ0n) is 19.8. The molecular weight excluding hydrogens is 419 g/mol. The van der Waals surface area contributed by atoms with Gasteiger partial charge in [-0.05, 0) is 67.8 Å². The number of hydrogen-bond donors (Lipinski definition) is 2. The average molecular weight is 453 g/mol. The van der Waals surface area contributed by atoms with E-state index in [1.165, 1.54) is 6.08 Å². The van der Waals surface area contributed by atoms with Gasteiger partial charge in [-0.15, -0.1) is 0 Å². The van der Waals surface area contributed by atoms with E-state index in [4.69, 9.17) is 0 Å². The maximum atomic E-state index is 14.4. The predicted octanol–water partition coefficient (Wildman–Crippen LogP) is 3.67. The summed E-state index contributed by atoms with van der Waals surface area (Å²) in [7, 11) is 1.61. The largest absolute Gasteiger partial charge is 0.377 e. The monoisotopic (exact) mass is 452 g/mol. The van der Waals surface area contributed by atoms with Gasteiger partial charge in [0.25, 0.3) is 5.91 Å². The van der Waals surface area contributed by atoms with E-state index in [9.17, 15) is 14.0 Å². The lowest BCUT2D eigenvalue weighted by Crippen LogP contribution is -2.54. The lowest BCUT2D eigenvalue weighted by Gasteiger charge is -2.41. The maximum absolute atomic E-state index is 14.4. The minimum Gasteiger partial charge on any atom is -0.377 e. The van der Waals surface area contributed by atoms with Gasteiger partial charge in [0.05, 0.1) is 6.04 Å². The number of rotatable bonds is 7. The van der Waals surface area contributed by atoms with Crippen molar-refractivity contribution in [3.8, 4) is 0 Å².